The highest BCUT2D eigenvalue weighted by atomic mass is 16.6. The van der Waals surface area contributed by atoms with Crippen LogP contribution in [0.4, 0.5) is 0 Å². The molecule has 6 nitrogen and oxygen atoms in total. The number of rotatable bonds is 46. The zero-order valence-electron chi connectivity index (χ0n) is 40.2. The Morgan fingerprint density at radius 3 is 1.02 bits per heavy atom. The summed E-state index contributed by atoms with van der Waals surface area (Å²) in [6.45, 7) is 6.49. The minimum Gasteiger partial charge on any atom is -0.462 e. The molecule has 0 spiro atoms. The first-order valence-corrected chi connectivity index (χ1v) is 25.8. The van der Waals surface area contributed by atoms with E-state index in [0.717, 1.165) is 103 Å². The van der Waals surface area contributed by atoms with E-state index >= 15 is 0 Å². The van der Waals surface area contributed by atoms with Crippen LogP contribution in [0.2, 0.25) is 0 Å². The van der Waals surface area contributed by atoms with Gasteiger partial charge in [0.25, 0.3) is 0 Å². The van der Waals surface area contributed by atoms with E-state index in [1.165, 1.54) is 109 Å². The van der Waals surface area contributed by atoms with Gasteiger partial charge < -0.3 is 14.2 Å². The molecular formula is C55H96O6. The van der Waals surface area contributed by atoms with Crippen molar-refractivity contribution < 1.29 is 28.6 Å². The smallest absolute Gasteiger partial charge is 0.306 e. The molecule has 1 atom stereocenters. The minimum atomic E-state index is -0.787. The van der Waals surface area contributed by atoms with Crippen LogP contribution >= 0.6 is 0 Å². The standard InChI is InChI=1S/C55H96O6/c1-4-7-10-13-16-19-22-24-26-27-29-31-34-37-40-43-46-49-55(58)61-52(50-59-53(56)47-44-41-38-35-32-21-18-15-12-9-6-3)51-60-54(57)48-45-42-39-36-33-30-28-25-23-20-17-14-11-8-5-2/h7,10,16,19,24-26,28-29,31,52H,4-6,8-9,11-15,17-18,20-23,27,30,32-51H2,1-3H3/b10-7-,19-16-,26-24-,28-25-,31-29-/t52-/m0/s1. The largest absolute Gasteiger partial charge is 0.462 e. The summed E-state index contributed by atoms with van der Waals surface area (Å²) in [7, 11) is 0. The highest BCUT2D eigenvalue weighted by molar-refractivity contribution is 5.71. The zero-order chi connectivity index (χ0) is 44.4. The summed E-state index contributed by atoms with van der Waals surface area (Å²) >= 11 is 0. The quantitative estimate of drug-likeness (QED) is 0.0263. The maximum absolute atomic E-state index is 12.8. The molecule has 0 aliphatic carbocycles. The fourth-order valence-corrected chi connectivity index (χ4v) is 7.13. The van der Waals surface area contributed by atoms with Crippen LogP contribution in [0.3, 0.4) is 0 Å². The number of carbonyl (C=O) groups is 3. The number of unbranched alkanes of at least 4 members (excludes halogenated alkanes) is 25. The third kappa shape index (κ3) is 48.0. The third-order valence-corrected chi connectivity index (χ3v) is 11.0. The molecule has 0 saturated heterocycles. The van der Waals surface area contributed by atoms with E-state index in [1.54, 1.807) is 0 Å². The van der Waals surface area contributed by atoms with E-state index in [0.29, 0.717) is 19.3 Å². The lowest BCUT2D eigenvalue weighted by Gasteiger charge is -2.18. The van der Waals surface area contributed by atoms with Crippen molar-refractivity contribution >= 4 is 17.9 Å². The molecule has 0 unspecified atom stereocenters. The van der Waals surface area contributed by atoms with Crippen LogP contribution in [0.15, 0.2) is 60.8 Å². The lowest BCUT2D eigenvalue weighted by atomic mass is 10.1. The Morgan fingerprint density at radius 1 is 0.344 bits per heavy atom. The molecule has 0 saturated carbocycles. The molecule has 0 aliphatic heterocycles. The average molecular weight is 853 g/mol. The van der Waals surface area contributed by atoms with Crippen molar-refractivity contribution in [2.75, 3.05) is 13.2 Å². The predicted molar refractivity (Wildman–Crippen MR) is 261 cm³/mol. The van der Waals surface area contributed by atoms with Crippen LogP contribution in [0, 0.1) is 0 Å². The number of esters is 3. The van der Waals surface area contributed by atoms with Crippen LogP contribution in [-0.4, -0.2) is 37.2 Å². The summed E-state index contributed by atoms with van der Waals surface area (Å²) in [5.74, 6) is -0.914. The second kappa shape index (κ2) is 49.8. The van der Waals surface area contributed by atoms with Crippen molar-refractivity contribution in [3.63, 3.8) is 0 Å². The lowest BCUT2D eigenvalue weighted by molar-refractivity contribution is -0.167. The van der Waals surface area contributed by atoms with Gasteiger partial charge in [-0.3, -0.25) is 14.4 Å². The minimum absolute atomic E-state index is 0.0852. The topological polar surface area (TPSA) is 78.9 Å². The second-order valence-electron chi connectivity index (χ2n) is 17.1. The van der Waals surface area contributed by atoms with Gasteiger partial charge in [-0.1, -0.05) is 210 Å². The first-order valence-electron chi connectivity index (χ1n) is 25.8. The first kappa shape index (κ1) is 58.1. The van der Waals surface area contributed by atoms with Crippen molar-refractivity contribution in [3.05, 3.63) is 60.8 Å². The normalized spacial score (nSPS) is 12.5. The SMILES string of the molecule is CC/C=C\C/C=C\C/C=C\C/C=C\CCCCCCC(=O)O[C@H](COC(=O)CCCCCCC/C=C\CCCCCCCC)COC(=O)CCCCCCCCCCCCC. The highest BCUT2D eigenvalue weighted by Crippen LogP contribution is 2.14. The van der Waals surface area contributed by atoms with Gasteiger partial charge in [0.15, 0.2) is 6.10 Å². The van der Waals surface area contributed by atoms with Gasteiger partial charge in [0, 0.05) is 19.3 Å². The Hall–Kier alpha value is -2.89. The predicted octanol–water partition coefficient (Wildman–Crippen LogP) is 16.9. The molecule has 0 aromatic heterocycles. The van der Waals surface area contributed by atoms with Gasteiger partial charge in [-0.25, -0.2) is 0 Å². The van der Waals surface area contributed by atoms with Gasteiger partial charge in [-0.2, -0.15) is 0 Å². The Kier molecular flexibility index (Phi) is 47.4. The van der Waals surface area contributed by atoms with E-state index in [-0.39, 0.29) is 31.1 Å². The lowest BCUT2D eigenvalue weighted by Crippen LogP contribution is -2.30. The second-order valence-corrected chi connectivity index (χ2v) is 17.1. The van der Waals surface area contributed by atoms with Gasteiger partial charge in [0.05, 0.1) is 0 Å². The maximum atomic E-state index is 12.8. The zero-order valence-corrected chi connectivity index (χ0v) is 40.2. The number of allylic oxidation sites excluding steroid dienone is 10. The van der Waals surface area contributed by atoms with Crippen LogP contribution in [0.1, 0.15) is 252 Å². The van der Waals surface area contributed by atoms with Crippen LogP contribution in [0.25, 0.3) is 0 Å². The summed E-state index contributed by atoms with van der Waals surface area (Å²) in [5.41, 5.74) is 0. The van der Waals surface area contributed by atoms with Crippen LogP contribution in [-0.2, 0) is 28.6 Å². The van der Waals surface area contributed by atoms with E-state index < -0.39 is 6.10 Å². The summed E-state index contributed by atoms with van der Waals surface area (Å²) in [5, 5.41) is 0. The summed E-state index contributed by atoms with van der Waals surface area (Å²) < 4.78 is 16.8. The van der Waals surface area contributed by atoms with Gasteiger partial charge in [-0.15, -0.1) is 0 Å². The molecule has 352 valence electrons. The van der Waals surface area contributed by atoms with E-state index in [1.807, 2.05) is 0 Å². The first-order chi connectivity index (χ1) is 30.0. The van der Waals surface area contributed by atoms with E-state index in [4.69, 9.17) is 14.2 Å². The number of hydrogen-bond donors (Lipinski definition) is 0. The van der Waals surface area contributed by atoms with Crippen molar-refractivity contribution in [3.8, 4) is 0 Å². The molecule has 0 aromatic rings. The van der Waals surface area contributed by atoms with Crippen LogP contribution in [0.5, 0.6) is 0 Å². The molecular weight excluding hydrogens is 757 g/mol. The fourth-order valence-electron chi connectivity index (χ4n) is 7.13. The summed E-state index contributed by atoms with van der Waals surface area (Å²) in [6.07, 6.45) is 60.6. The van der Waals surface area contributed by atoms with E-state index in [9.17, 15) is 14.4 Å². The molecule has 0 radical (unpaired) electrons. The maximum Gasteiger partial charge on any atom is 0.306 e. The monoisotopic (exact) mass is 853 g/mol. The average Bonchev–Trinajstić information content (AvgIpc) is 3.26. The summed E-state index contributed by atoms with van der Waals surface area (Å²) in [6, 6.07) is 0. The van der Waals surface area contributed by atoms with Crippen molar-refractivity contribution in [2.45, 2.75) is 258 Å². The molecule has 0 bridgehead atoms. The Balaban J connectivity index is 4.42. The third-order valence-electron chi connectivity index (χ3n) is 11.0. The fraction of sp³-hybridized carbons (Fsp3) is 0.764. The highest BCUT2D eigenvalue weighted by Gasteiger charge is 2.19. The molecule has 0 aliphatic rings. The van der Waals surface area contributed by atoms with Gasteiger partial charge in [0.2, 0.25) is 0 Å². The number of hydrogen-bond acceptors (Lipinski definition) is 6. The van der Waals surface area contributed by atoms with Gasteiger partial charge >= 0.3 is 17.9 Å². The van der Waals surface area contributed by atoms with Gasteiger partial charge in [-0.05, 0) is 83.5 Å². The van der Waals surface area contributed by atoms with Crippen molar-refractivity contribution in [1.82, 2.24) is 0 Å². The molecule has 0 aromatic carbocycles. The Morgan fingerprint density at radius 2 is 0.639 bits per heavy atom. The molecule has 0 rings (SSSR count). The molecule has 0 fully saturated rings. The Labute approximate surface area is 377 Å². The summed E-state index contributed by atoms with van der Waals surface area (Å²) in [4.78, 5) is 37.9. The van der Waals surface area contributed by atoms with E-state index in [2.05, 4.69) is 81.5 Å². The molecule has 0 amide bonds. The van der Waals surface area contributed by atoms with Crippen molar-refractivity contribution in [1.29, 1.82) is 0 Å². The van der Waals surface area contributed by atoms with Crippen molar-refractivity contribution in [2.24, 2.45) is 0 Å². The molecule has 6 heteroatoms. The molecule has 0 heterocycles. The Bertz CT molecular complexity index is 1120. The molecule has 0 N–H and O–H groups in total. The van der Waals surface area contributed by atoms with Gasteiger partial charge in [0.1, 0.15) is 13.2 Å². The molecule has 61 heavy (non-hydrogen) atoms. The number of ether oxygens (including phenoxy) is 3. The number of carbonyl (C=O) groups excluding carboxylic acids is 3. The van der Waals surface area contributed by atoms with Crippen LogP contribution < -0.4 is 0 Å².